The van der Waals surface area contributed by atoms with E-state index in [0.29, 0.717) is 6.42 Å². The summed E-state index contributed by atoms with van der Waals surface area (Å²) in [5.41, 5.74) is -1.33. The number of hydrogen-bond acceptors (Lipinski definition) is 7. The topological polar surface area (TPSA) is 102 Å². The van der Waals surface area contributed by atoms with E-state index in [1.165, 1.54) is 0 Å². The van der Waals surface area contributed by atoms with Crippen molar-refractivity contribution in [3.63, 3.8) is 0 Å². The third-order valence-corrected chi connectivity index (χ3v) is 7.27. The molecule has 2 aliphatic heterocycles. The molecule has 2 fully saturated rings. The van der Waals surface area contributed by atoms with Gasteiger partial charge in [0.15, 0.2) is 5.79 Å². The summed E-state index contributed by atoms with van der Waals surface area (Å²) in [6, 6.07) is 0. The third-order valence-electron chi connectivity index (χ3n) is 7.27. The summed E-state index contributed by atoms with van der Waals surface area (Å²) in [7, 11) is 0. The SMILES string of the molecule is CC[C@H]1OC(=O)[C@H](C)[C@H]2OC(C)(C)O[C@H]([C@H]2C)[C@@](C)(O)C[C@H](C)C(=O)[C@H](C)[C@@H](O)[C@H]1C. The molecule has 0 unspecified atom stereocenters. The lowest BCUT2D eigenvalue weighted by Gasteiger charge is -2.51. The monoisotopic (exact) mass is 442 g/mol. The summed E-state index contributed by atoms with van der Waals surface area (Å²) in [5, 5.41) is 22.3. The minimum atomic E-state index is -1.33. The predicted octanol–water partition coefficient (Wildman–Crippen LogP) is 3.09. The van der Waals surface area contributed by atoms with E-state index < -0.39 is 65.4 Å². The van der Waals surface area contributed by atoms with Crippen LogP contribution in [0.4, 0.5) is 0 Å². The van der Waals surface area contributed by atoms with Crippen molar-refractivity contribution in [3.8, 4) is 0 Å². The van der Waals surface area contributed by atoms with Gasteiger partial charge < -0.3 is 24.4 Å². The van der Waals surface area contributed by atoms with Crippen LogP contribution in [0.3, 0.4) is 0 Å². The first kappa shape index (κ1) is 26.2. The van der Waals surface area contributed by atoms with Crippen molar-refractivity contribution in [2.24, 2.45) is 29.6 Å². The average molecular weight is 443 g/mol. The van der Waals surface area contributed by atoms with E-state index >= 15 is 0 Å². The van der Waals surface area contributed by atoms with Crippen LogP contribution in [-0.2, 0) is 23.8 Å². The minimum absolute atomic E-state index is 0.123. The van der Waals surface area contributed by atoms with Gasteiger partial charge in [0.25, 0.3) is 0 Å². The first-order valence-corrected chi connectivity index (χ1v) is 11.6. The van der Waals surface area contributed by atoms with E-state index in [4.69, 9.17) is 14.2 Å². The van der Waals surface area contributed by atoms with Gasteiger partial charge >= 0.3 is 5.97 Å². The molecule has 2 heterocycles. The second-order valence-electron chi connectivity index (χ2n) is 10.6. The van der Waals surface area contributed by atoms with Gasteiger partial charge in [-0.3, -0.25) is 9.59 Å². The van der Waals surface area contributed by atoms with E-state index in [1.54, 1.807) is 48.5 Å². The number of Topliss-reactive ketones (excluding diaryl/α,β-unsaturated/α-hetero) is 1. The summed E-state index contributed by atoms with van der Waals surface area (Å²) < 4.78 is 18.1. The molecule has 0 spiro atoms. The van der Waals surface area contributed by atoms with Gasteiger partial charge in [0.2, 0.25) is 0 Å². The summed E-state index contributed by atoms with van der Waals surface area (Å²) in [6.45, 7) is 16.0. The molecule has 31 heavy (non-hydrogen) atoms. The Balaban J connectivity index is 2.51. The highest BCUT2D eigenvalue weighted by atomic mass is 16.7. The van der Waals surface area contributed by atoms with Gasteiger partial charge in [-0.05, 0) is 40.5 Å². The largest absolute Gasteiger partial charge is 0.462 e. The zero-order chi connectivity index (χ0) is 23.9. The molecule has 2 saturated heterocycles. The van der Waals surface area contributed by atoms with Crippen molar-refractivity contribution in [2.75, 3.05) is 0 Å². The van der Waals surface area contributed by atoms with Crippen LogP contribution in [0.1, 0.15) is 75.2 Å². The number of hydrogen-bond donors (Lipinski definition) is 2. The maximum Gasteiger partial charge on any atom is 0.311 e. The highest BCUT2D eigenvalue weighted by Gasteiger charge is 2.52. The summed E-state index contributed by atoms with van der Waals surface area (Å²) in [4.78, 5) is 26.2. The maximum absolute atomic E-state index is 13.1. The number of fused-ring (bicyclic) bond motifs is 2. The van der Waals surface area contributed by atoms with Crippen molar-refractivity contribution < 1.29 is 34.0 Å². The summed E-state index contributed by atoms with van der Waals surface area (Å²) in [5.74, 6) is -3.98. The Hall–Kier alpha value is -1.02. The van der Waals surface area contributed by atoms with Gasteiger partial charge in [-0.2, -0.15) is 0 Å². The van der Waals surface area contributed by atoms with Crippen molar-refractivity contribution in [2.45, 2.75) is 111 Å². The van der Waals surface area contributed by atoms with Gasteiger partial charge in [0.05, 0.1) is 29.8 Å². The van der Waals surface area contributed by atoms with Crippen molar-refractivity contribution >= 4 is 11.8 Å². The lowest BCUT2D eigenvalue weighted by molar-refractivity contribution is -0.350. The maximum atomic E-state index is 13.1. The van der Waals surface area contributed by atoms with Crippen LogP contribution in [0.5, 0.6) is 0 Å². The number of carbonyl (C=O) groups is 2. The Morgan fingerprint density at radius 2 is 1.55 bits per heavy atom. The quantitative estimate of drug-likeness (QED) is 0.602. The summed E-state index contributed by atoms with van der Waals surface area (Å²) in [6.07, 6.45) is -1.93. The first-order chi connectivity index (χ1) is 14.1. The smallest absolute Gasteiger partial charge is 0.311 e. The molecule has 0 amide bonds. The molecule has 0 aromatic rings. The molecular formula is C24H42O7. The second kappa shape index (κ2) is 9.46. The zero-order valence-electron chi connectivity index (χ0n) is 20.5. The van der Waals surface area contributed by atoms with E-state index in [2.05, 4.69) is 0 Å². The average Bonchev–Trinajstić information content (AvgIpc) is 2.69. The highest BCUT2D eigenvalue weighted by Crippen LogP contribution is 2.42. The fraction of sp³-hybridized carbons (Fsp3) is 0.917. The van der Waals surface area contributed by atoms with Crippen LogP contribution >= 0.6 is 0 Å². The number of aliphatic hydroxyl groups is 2. The Morgan fingerprint density at radius 1 is 0.968 bits per heavy atom. The van der Waals surface area contributed by atoms with Crippen LogP contribution in [-0.4, -0.2) is 57.8 Å². The van der Waals surface area contributed by atoms with Gasteiger partial charge in [0, 0.05) is 23.7 Å². The molecule has 2 aliphatic rings. The molecule has 0 aromatic heterocycles. The van der Waals surface area contributed by atoms with Crippen molar-refractivity contribution in [1.82, 2.24) is 0 Å². The Bertz CT molecular complexity index is 658. The Labute approximate surface area is 186 Å². The Kier molecular flexibility index (Phi) is 8.00. The third kappa shape index (κ3) is 5.49. The number of aliphatic hydroxyl groups excluding tert-OH is 1. The highest BCUT2D eigenvalue weighted by molar-refractivity contribution is 5.83. The zero-order valence-corrected chi connectivity index (χ0v) is 20.5. The molecule has 7 nitrogen and oxygen atoms in total. The molecular weight excluding hydrogens is 400 g/mol. The first-order valence-electron chi connectivity index (χ1n) is 11.6. The fourth-order valence-corrected chi connectivity index (χ4v) is 5.38. The molecule has 10 atom stereocenters. The molecule has 0 aromatic carbocycles. The number of esters is 1. The predicted molar refractivity (Wildman–Crippen MR) is 116 cm³/mol. The van der Waals surface area contributed by atoms with E-state index in [-0.39, 0.29) is 18.1 Å². The molecule has 2 N–H and O–H groups in total. The van der Waals surface area contributed by atoms with Gasteiger partial charge in [-0.1, -0.05) is 34.6 Å². The second-order valence-corrected chi connectivity index (χ2v) is 10.6. The molecule has 2 rings (SSSR count). The number of rotatable bonds is 1. The van der Waals surface area contributed by atoms with Crippen molar-refractivity contribution in [1.29, 1.82) is 0 Å². The molecule has 2 bridgehead atoms. The standard InChI is InChI=1S/C24H42O7/c1-10-17-13(3)19(26)14(4)18(25)12(2)11-24(9,28)21-15(5)20(16(6)22(27)29-17)30-23(7,8)31-21/h12-17,19-21,26,28H,10-11H2,1-9H3/t12-,13-,14-,15-,16+,17+,19-,20-,21+,24-/m0/s1. The number of carbonyl (C=O) groups excluding carboxylic acids is 2. The molecule has 0 saturated carbocycles. The number of ketones is 1. The normalized spacial score (nSPS) is 47.4. The Morgan fingerprint density at radius 3 is 2.10 bits per heavy atom. The van der Waals surface area contributed by atoms with Crippen LogP contribution in [0, 0.1) is 29.6 Å². The van der Waals surface area contributed by atoms with Crippen LogP contribution in [0.2, 0.25) is 0 Å². The van der Waals surface area contributed by atoms with Crippen molar-refractivity contribution in [3.05, 3.63) is 0 Å². The van der Waals surface area contributed by atoms with Crippen LogP contribution < -0.4 is 0 Å². The van der Waals surface area contributed by atoms with Gasteiger partial charge in [0.1, 0.15) is 11.9 Å². The summed E-state index contributed by atoms with van der Waals surface area (Å²) >= 11 is 0. The van der Waals surface area contributed by atoms with Gasteiger partial charge in [-0.15, -0.1) is 0 Å². The molecule has 180 valence electrons. The minimum Gasteiger partial charge on any atom is -0.462 e. The molecule has 0 radical (unpaired) electrons. The molecule has 7 heteroatoms. The van der Waals surface area contributed by atoms with E-state index in [9.17, 15) is 19.8 Å². The number of cyclic esters (lactones) is 1. The fourth-order valence-electron chi connectivity index (χ4n) is 5.38. The lowest BCUT2D eigenvalue weighted by Crippen LogP contribution is -2.61. The molecule has 0 aliphatic carbocycles. The van der Waals surface area contributed by atoms with E-state index in [1.807, 2.05) is 13.8 Å². The van der Waals surface area contributed by atoms with E-state index in [0.717, 1.165) is 0 Å². The van der Waals surface area contributed by atoms with Crippen LogP contribution in [0.25, 0.3) is 0 Å². The number of ether oxygens (including phenoxy) is 3. The van der Waals surface area contributed by atoms with Crippen LogP contribution in [0.15, 0.2) is 0 Å². The lowest BCUT2D eigenvalue weighted by atomic mass is 9.74. The van der Waals surface area contributed by atoms with Gasteiger partial charge in [-0.25, -0.2) is 0 Å².